The highest BCUT2D eigenvalue weighted by Crippen LogP contribution is 2.26. The van der Waals surface area contributed by atoms with Gasteiger partial charge >= 0.3 is 0 Å². The maximum atomic E-state index is 12.3. The molecule has 0 aliphatic heterocycles. The Morgan fingerprint density at radius 2 is 1.91 bits per heavy atom. The Kier molecular flexibility index (Phi) is 7.32. The molecule has 23 heavy (non-hydrogen) atoms. The number of hydrogen-bond acceptors (Lipinski definition) is 4. The summed E-state index contributed by atoms with van der Waals surface area (Å²) in [5, 5.41) is 2.89. The average molecular weight is 342 g/mol. The van der Waals surface area contributed by atoms with Crippen LogP contribution >= 0.6 is 12.4 Å². The molecule has 1 fully saturated rings. The molecule has 2 amide bonds. The second-order valence-corrected chi connectivity index (χ2v) is 5.80. The molecule has 5 N–H and O–H groups in total. The Labute approximate surface area is 142 Å². The lowest BCUT2D eigenvalue weighted by Crippen LogP contribution is -2.54. The number of hydrogen-bond donors (Lipinski definition) is 3. The molecule has 1 aromatic carbocycles. The first-order valence-corrected chi connectivity index (χ1v) is 7.57. The Morgan fingerprint density at radius 3 is 2.57 bits per heavy atom. The summed E-state index contributed by atoms with van der Waals surface area (Å²) in [6, 6.07) is 7.19. The molecule has 0 heterocycles. The molecule has 0 spiro atoms. The molecule has 6 nitrogen and oxygen atoms in total. The third-order valence-electron chi connectivity index (χ3n) is 3.93. The number of nitrogens with one attached hydrogen (secondary N) is 1. The maximum absolute atomic E-state index is 12.3. The van der Waals surface area contributed by atoms with Gasteiger partial charge in [0.25, 0.3) is 5.91 Å². The largest absolute Gasteiger partial charge is 0.484 e. The molecule has 0 unspecified atom stereocenters. The van der Waals surface area contributed by atoms with E-state index in [0.29, 0.717) is 12.3 Å². The summed E-state index contributed by atoms with van der Waals surface area (Å²) in [6.45, 7) is 0.216. The van der Waals surface area contributed by atoms with E-state index in [1.807, 2.05) is 6.07 Å². The molecule has 0 radical (unpaired) electrons. The molecule has 2 rings (SSSR count). The second-order valence-electron chi connectivity index (χ2n) is 5.80. The standard InChI is InChI=1S/C16H23N3O3.ClH/c17-14(20)11-22-13-6-4-5-12(9-13)10-19-15(21)16(18)7-2-1-3-8-16;/h4-6,9H,1-3,7-8,10-11,18H2,(H2,17,20)(H,19,21);1H. The van der Waals surface area contributed by atoms with Crippen molar-refractivity contribution in [3.8, 4) is 5.75 Å². The first-order chi connectivity index (χ1) is 10.5. The molecular weight excluding hydrogens is 318 g/mol. The third kappa shape index (κ3) is 5.73. The van der Waals surface area contributed by atoms with Crippen LogP contribution in [0.1, 0.15) is 37.7 Å². The Balaban J connectivity index is 0.00000264. The Morgan fingerprint density at radius 1 is 1.22 bits per heavy atom. The van der Waals surface area contributed by atoms with Gasteiger partial charge in [-0.15, -0.1) is 12.4 Å². The highest BCUT2D eigenvalue weighted by Gasteiger charge is 2.34. The van der Waals surface area contributed by atoms with Crippen molar-refractivity contribution in [3.05, 3.63) is 29.8 Å². The topological polar surface area (TPSA) is 107 Å². The van der Waals surface area contributed by atoms with Gasteiger partial charge in [0.1, 0.15) is 5.75 Å². The van der Waals surface area contributed by atoms with E-state index in [4.69, 9.17) is 16.2 Å². The van der Waals surface area contributed by atoms with Crippen LogP contribution in [0.3, 0.4) is 0 Å². The quantitative estimate of drug-likeness (QED) is 0.723. The predicted molar refractivity (Wildman–Crippen MR) is 90.2 cm³/mol. The molecule has 7 heteroatoms. The van der Waals surface area contributed by atoms with Crippen molar-refractivity contribution in [1.82, 2.24) is 5.32 Å². The van der Waals surface area contributed by atoms with Crippen LogP contribution in [-0.2, 0) is 16.1 Å². The van der Waals surface area contributed by atoms with Crippen LogP contribution in [0, 0.1) is 0 Å². The number of amides is 2. The highest BCUT2D eigenvalue weighted by molar-refractivity contribution is 5.86. The molecular formula is C16H24ClN3O3. The first-order valence-electron chi connectivity index (χ1n) is 7.57. The average Bonchev–Trinajstić information content (AvgIpc) is 2.51. The van der Waals surface area contributed by atoms with Crippen LogP contribution in [0.5, 0.6) is 5.75 Å². The summed E-state index contributed by atoms with van der Waals surface area (Å²) in [6.07, 6.45) is 4.62. The van der Waals surface area contributed by atoms with Gasteiger partial charge in [0.2, 0.25) is 5.91 Å². The molecule has 1 aromatic rings. The van der Waals surface area contributed by atoms with Gasteiger partial charge in [-0.2, -0.15) is 0 Å². The molecule has 0 saturated heterocycles. The van der Waals surface area contributed by atoms with Crippen LogP contribution in [-0.4, -0.2) is 24.0 Å². The molecule has 0 bridgehead atoms. The summed E-state index contributed by atoms with van der Waals surface area (Å²) in [4.78, 5) is 23.0. The summed E-state index contributed by atoms with van der Waals surface area (Å²) < 4.78 is 5.24. The van der Waals surface area contributed by atoms with Gasteiger partial charge in [0.15, 0.2) is 6.61 Å². The van der Waals surface area contributed by atoms with Crippen molar-refractivity contribution in [1.29, 1.82) is 0 Å². The van der Waals surface area contributed by atoms with Gasteiger partial charge in [-0.3, -0.25) is 9.59 Å². The number of carbonyl (C=O) groups excluding carboxylic acids is 2. The minimum Gasteiger partial charge on any atom is -0.484 e. The highest BCUT2D eigenvalue weighted by atomic mass is 35.5. The van der Waals surface area contributed by atoms with Crippen LogP contribution in [0.15, 0.2) is 24.3 Å². The predicted octanol–water partition coefficient (Wildman–Crippen LogP) is 1.25. The minimum atomic E-state index is -0.738. The molecule has 1 aliphatic carbocycles. The number of primary amides is 1. The van der Waals surface area contributed by atoms with Crippen LogP contribution < -0.4 is 21.5 Å². The van der Waals surface area contributed by atoms with Crippen molar-refractivity contribution in [2.75, 3.05) is 6.61 Å². The van der Waals surface area contributed by atoms with Crippen molar-refractivity contribution < 1.29 is 14.3 Å². The van der Waals surface area contributed by atoms with Crippen molar-refractivity contribution in [2.45, 2.75) is 44.2 Å². The van der Waals surface area contributed by atoms with Gasteiger partial charge in [0, 0.05) is 6.54 Å². The smallest absolute Gasteiger partial charge is 0.255 e. The number of carbonyl (C=O) groups is 2. The van der Waals surface area contributed by atoms with Gasteiger partial charge in [-0.25, -0.2) is 0 Å². The lowest BCUT2D eigenvalue weighted by Gasteiger charge is -2.31. The molecule has 128 valence electrons. The molecule has 0 aromatic heterocycles. The summed E-state index contributed by atoms with van der Waals surface area (Å²) in [7, 11) is 0. The normalized spacial score (nSPS) is 16.0. The zero-order valence-electron chi connectivity index (χ0n) is 13.0. The van der Waals surface area contributed by atoms with Gasteiger partial charge in [-0.1, -0.05) is 31.4 Å². The van der Waals surface area contributed by atoms with Gasteiger partial charge < -0.3 is 21.5 Å². The van der Waals surface area contributed by atoms with Gasteiger partial charge in [-0.05, 0) is 30.5 Å². The first kappa shape index (κ1) is 19.3. The van der Waals surface area contributed by atoms with Crippen molar-refractivity contribution in [3.63, 3.8) is 0 Å². The van der Waals surface area contributed by atoms with E-state index >= 15 is 0 Å². The van der Waals surface area contributed by atoms with E-state index in [1.54, 1.807) is 18.2 Å². The number of nitrogens with two attached hydrogens (primary N) is 2. The van der Waals surface area contributed by atoms with E-state index in [2.05, 4.69) is 5.32 Å². The second kappa shape index (κ2) is 8.74. The molecule has 1 saturated carbocycles. The van der Waals surface area contributed by atoms with E-state index in [1.165, 1.54) is 0 Å². The van der Waals surface area contributed by atoms with E-state index < -0.39 is 11.4 Å². The molecule has 0 atom stereocenters. The maximum Gasteiger partial charge on any atom is 0.255 e. The monoisotopic (exact) mass is 341 g/mol. The van der Waals surface area contributed by atoms with E-state index in [-0.39, 0.29) is 24.9 Å². The third-order valence-corrected chi connectivity index (χ3v) is 3.93. The zero-order valence-corrected chi connectivity index (χ0v) is 13.9. The van der Waals surface area contributed by atoms with Crippen molar-refractivity contribution in [2.24, 2.45) is 11.5 Å². The molecule has 1 aliphatic rings. The van der Waals surface area contributed by atoms with E-state index in [9.17, 15) is 9.59 Å². The van der Waals surface area contributed by atoms with Gasteiger partial charge in [0.05, 0.1) is 5.54 Å². The lowest BCUT2D eigenvalue weighted by molar-refractivity contribution is -0.127. The number of halogens is 1. The SMILES string of the molecule is Cl.NC(=O)COc1cccc(CNC(=O)C2(N)CCCCC2)c1. The van der Waals surface area contributed by atoms with E-state index in [0.717, 1.165) is 37.7 Å². The summed E-state index contributed by atoms with van der Waals surface area (Å²) >= 11 is 0. The Hall–Kier alpha value is -1.79. The summed E-state index contributed by atoms with van der Waals surface area (Å²) in [5.41, 5.74) is 11.4. The zero-order chi connectivity index (χ0) is 16.0. The fourth-order valence-electron chi connectivity index (χ4n) is 2.67. The van der Waals surface area contributed by atoms with Crippen molar-refractivity contribution >= 4 is 24.2 Å². The lowest BCUT2D eigenvalue weighted by atomic mass is 9.82. The minimum absolute atomic E-state index is 0. The Bertz CT molecular complexity index is 545. The van der Waals surface area contributed by atoms with Crippen LogP contribution in [0.2, 0.25) is 0 Å². The number of benzene rings is 1. The summed E-state index contributed by atoms with van der Waals surface area (Å²) in [5.74, 6) is -0.0811. The number of rotatable bonds is 6. The fraction of sp³-hybridized carbons (Fsp3) is 0.500. The number of ether oxygens (including phenoxy) is 1. The van der Waals surface area contributed by atoms with Crippen LogP contribution in [0.4, 0.5) is 0 Å². The fourth-order valence-corrected chi connectivity index (χ4v) is 2.67. The van der Waals surface area contributed by atoms with Crippen LogP contribution in [0.25, 0.3) is 0 Å².